The maximum absolute atomic E-state index is 11.9. The van der Waals surface area contributed by atoms with Crippen LogP contribution in [0.1, 0.15) is 52.9 Å². The Hall–Kier alpha value is -0.610. The smallest absolute Gasteiger partial charge is 0.220 e. The van der Waals surface area contributed by atoms with Crippen LogP contribution in [0.5, 0.6) is 0 Å². The Labute approximate surface area is 117 Å². The van der Waals surface area contributed by atoms with Gasteiger partial charge >= 0.3 is 0 Å². The number of hydrogen-bond donors (Lipinski definition) is 2. The molecule has 0 radical (unpaired) electrons. The molecule has 0 aromatic rings. The van der Waals surface area contributed by atoms with Gasteiger partial charge in [0.2, 0.25) is 5.91 Å². The van der Waals surface area contributed by atoms with Crippen LogP contribution < -0.4 is 10.6 Å². The van der Waals surface area contributed by atoms with E-state index in [1.165, 1.54) is 0 Å². The highest BCUT2D eigenvalue weighted by molar-refractivity contribution is 5.76. The van der Waals surface area contributed by atoms with Crippen molar-refractivity contribution in [2.75, 3.05) is 20.2 Å². The van der Waals surface area contributed by atoms with Crippen LogP contribution >= 0.6 is 0 Å². The molecule has 0 aromatic carbocycles. The van der Waals surface area contributed by atoms with Gasteiger partial charge in [-0.15, -0.1) is 0 Å². The average molecular weight is 270 g/mol. The molecule has 0 aromatic heterocycles. The Bertz CT molecular complexity index is 277. The predicted molar refractivity (Wildman–Crippen MR) is 78.1 cm³/mol. The largest absolute Gasteiger partial charge is 0.378 e. The zero-order valence-electron chi connectivity index (χ0n) is 12.9. The lowest BCUT2D eigenvalue weighted by Crippen LogP contribution is -2.64. The molecule has 19 heavy (non-hydrogen) atoms. The molecule has 1 aliphatic rings. The third-order valence-corrected chi connectivity index (χ3v) is 4.64. The van der Waals surface area contributed by atoms with Crippen molar-refractivity contribution in [2.45, 2.75) is 65.0 Å². The fraction of sp³-hybridized carbons (Fsp3) is 0.933. The highest BCUT2D eigenvalue weighted by Gasteiger charge is 2.53. The lowest BCUT2D eigenvalue weighted by molar-refractivity contribution is -0.148. The minimum Gasteiger partial charge on any atom is -0.378 e. The highest BCUT2D eigenvalue weighted by atomic mass is 16.5. The minimum atomic E-state index is 0.147. The highest BCUT2D eigenvalue weighted by Crippen LogP contribution is 2.48. The quantitative estimate of drug-likeness (QED) is 0.631. The van der Waals surface area contributed by atoms with Crippen molar-refractivity contribution in [3.63, 3.8) is 0 Å². The Morgan fingerprint density at radius 1 is 1.32 bits per heavy atom. The maximum Gasteiger partial charge on any atom is 0.220 e. The molecule has 2 N–H and O–H groups in total. The van der Waals surface area contributed by atoms with Gasteiger partial charge in [-0.25, -0.2) is 0 Å². The third kappa shape index (κ3) is 3.69. The summed E-state index contributed by atoms with van der Waals surface area (Å²) in [5.41, 5.74) is 0.147. The molecule has 0 aliphatic heterocycles. The lowest BCUT2D eigenvalue weighted by atomic mass is 9.58. The zero-order chi connectivity index (χ0) is 14.3. The summed E-state index contributed by atoms with van der Waals surface area (Å²) >= 11 is 0. The number of carbonyl (C=O) groups is 1. The summed E-state index contributed by atoms with van der Waals surface area (Å²) in [6.07, 6.45) is 4.92. The van der Waals surface area contributed by atoms with E-state index in [0.29, 0.717) is 18.6 Å². The summed E-state index contributed by atoms with van der Waals surface area (Å²) in [6, 6.07) is 0.293. The fourth-order valence-corrected chi connectivity index (χ4v) is 3.28. The molecule has 1 fully saturated rings. The van der Waals surface area contributed by atoms with Crippen molar-refractivity contribution in [1.82, 2.24) is 10.6 Å². The number of carbonyl (C=O) groups excluding carboxylic acids is 1. The molecule has 0 saturated heterocycles. The molecule has 0 heterocycles. The van der Waals surface area contributed by atoms with Gasteiger partial charge in [0, 0.05) is 24.5 Å². The monoisotopic (exact) mass is 270 g/mol. The van der Waals surface area contributed by atoms with Gasteiger partial charge in [-0.3, -0.25) is 4.79 Å². The molecule has 2 atom stereocenters. The van der Waals surface area contributed by atoms with Gasteiger partial charge in [-0.1, -0.05) is 13.8 Å². The molecule has 0 bridgehead atoms. The summed E-state index contributed by atoms with van der Waals surface area (Å²) < 4.78 is 5.82. The van der Waals surface area contributed by atoms with Crippen LogP contribution in [0.4, 0.5) is 0 Å². The molecular formula is C15H30N2O2. The van der Waals surface area contributed by atoms with E-state index in [2.05, 4.69) is 24.5 Å². The van der Waals surface area contributed by atoms with Crippen LogP contribution in [0.25, 0.3) is 0 Å². The number of amides is 1. The van der Waals surface area contributed by atoms with Gasteiger partial charge in [0.25, 0.3) is 0 Å². The van der Waals surface area contributed by atoms with Crippen LogP contribution in [0, 0.1) is 5.41 Å². The van der Waals surface area contributed by atoms with E-state index in [-0.39, 0.29) is 11.3 Å². The lowest BCUT2D eigenvalue weighted by Gasteiger charge is -2.55. The first-order valence-electron chi connectivity index (χ1n) is 7.70. The van der Waals surface area contributed by atoms with Gasteiger partial charge in [-0.2, -0.15) is 0 Å². The van der Waals surface area contributed by atoms with Gasteiger partial charge in [-0.05, 0) is 46.2 Å². The third-order valence-electron chi connectivity index (χ3n) is 4.64. The molecule has 1 aliphatic carbocycles. The molecule has 1 saturated carbocycles. The van der Waals surface area contributed by atoms with E-state index in [1.54, 1.807) is 0 Å². The molecule has 0 spiro atoms. The number of ether oxygens (including phenoxy) is 1. The van der Waals surface area contributed by atoms with Crippen molar-refractivity contribution >= 4 is 5.91 Å². The van der Waals surface area contributed by atoms with Crippen LogP contribution in [-0.2, 0) is 9.53 Å². The van der Waals surface area contributed by atoms with E-state index in [9.17, 15) is 4.79 Å². The van der Waals surface area contributed by atoms with Crippen molar-refractivity contribution in [1.29, 1.82) is 0 Å². The first-order chi connectivity index (χ1) is 9.14. The summed E-state index contributed by atoms with van der Waals surface area (Å²) in [7, 11) is 1.91. The molecule has 2 unspecified atom stereocenters. The van der Waals surface area contributed by atoms with Crippen LogP contribution in [-0.4, -0.2) is 38.3 Å². The van der Waals surface area contributed by atoms with Gasteiger partial charge in [0.15, 0.2) is 0 Å². The van der Waals surface area contributed by atoms with Crippen molar-refractivity contribution in [2.24, 2.45) is 5.41 Å². The standard InChI is InChI=1S/C15H30N2O2/c1-5-15(6-2)12(11-13(15)19-7-3)17-14(18)9-8-10-16-4/h12-13,16H,5-11H2,1-4H3,(H,17,18). The van der Waals surface area contributed by atoms with Crippen LogP contribution in [0.15, 0.2) is 0 Å². The summed E-state index contributed by atoms with van der Waals surface area (Å²) in [6.45, 7) is 8.10. The topological polar surface area (TPSA) is 50.4 Å². The van der Waals surface area contributed by atoms with Crippen molar-refractivity contribution < 1.29 is 9.53 Å². The Kier molecular flexibility index (Phi) is 6.80. The molecular weight excluding hydrogens is 240 g/mol. The van der Waals surface area contributed by atoms with Gasteiger partial charge in [0.05, 0.1) is 6.10 Å². The molecule has 1 rings (SSSR count). The van der Waals surface area contributed by atoms with E-state index < -0.39 is 0 Å². The van der Waals surface area contributed by atoms with E-state index in [1.807, 2.05) is 14.0 Å². The molecule has 112 valence electrons. The fourth-order valence-electron chi connectivity index (χ4n) is 3.28. The normalized spacial score (nSPS) is 24.8. The first-order valence-corrected chi connectivity index (χ1v) is 7.70. The van der Waals surface area contributed by atoms with E-state index in [0.717, 1.165) is 38.8 Å². The minimum absolute atomic E-state index is 0.147. The molecule has 4 nitrogen and oxygen atoms in total. The molecule has 4 heteroatoms. The first kappa shape index (κ1) is 16.4. The van der Waals surface area contributed by atoms with Crippen LogP contribution in [0.3, 0.4) is 0 Å². The number of rotatable bonds is 9. The summed E-state index contributed by atoms with van der Waals surface area (Å²) in [4.78, 5) is 11.9. The van der Waals surface area contributed by atoms with Gasteiger partial charge in [0.1, 0.15) is 0 Å². The van der Waals surface area contributed by atoms with E-state index >= 15 is 0 Å². The Balaban J connectivity index is 2.47. The summed E-state index contributed by atoms with van der Waals surface area (Å²) in [5, 5.41) is 6.28. The van der Waals surface area contributed by atoms with E-state index in [4.69, 9.17) is 4.74 Å². The SMILES string of the molecule is CCOC1CC(NC(=O)CCCNC)C1(CC)CC. The molecule has 1 amide bonds. The number of hydrogen-bond acceptors (Lipinski definition) is 3. The Morgan fingerprint density at radius 3 is 2.53 bits per heavy atom. The maximum atomic E-state index is 11.9. The van der Waals surface area contributed by atoms with Gasteiger partial charge < -0.3 is 15.4 Å². The number of nitrogens with one attached hydrogen (secondary N) is 2. The Morgan fingerprint density at radius 2 is 2.00 bits per heavy atom. The van der Waals surface area contributed by atoms with Crippen molar-refractivity contribution in [3.8, 4) is 0 Å². The van der Waals surface area contributed by atoms with Crippen molar-refractivity contribution in [3.05, 3.63) is 0 Å². The average Bonchev–Trinajstić information content (AvgIpc) is 2.39. The predicted octanol–water partition coefficient (Wildman–Crippen LogP) is 2.09. The summed E-state index contributed by atoms with van der Waals surface area (Å²) in [5.74, 6) is 0.182. The second kappa shape index (κ2) is 7.85. The second-order valence-corrected chi connectivity index (χ2v) is 5.45. The second-order valence-electron chi connectivity index (χ2n) is 5.45. The zero-order valence-corrected chi connectivity index (χ0v) is 12.9. The van der Waals surface area contributed by atoms with Crippen LogP contribution in [0.2, 0.25) is 0 Å².